The molecule has 30 heavy (non-hydrogen) atoms. The predicted molar refractivity (Wildman–Crippen MR) is 121 cm³/mol. The Hall–Kier alpha value is -1.92. The monoisotopic (exact) mass is 412 g/mol. The quantitative estimate of drug-likeness (QED) is 0.573. The zero-order valence-electron chi connectivity index (χ0n) is 18.4. The summed E-state index contributed by atoms with van der Waals surface area (Å²) in [6.07, 6.45) is -0.462. The zero-order chi connectivity index (χ0) is 21.2. The number of aliphatic hydroxyl groups excluding tert-OH is 1. The van der Waals surface area contributed by atoms with Crippen LogP contribution in [0.3, 0.4) is 0 Å². The second kappa shape index (κ2) is 12.1. The van der Waals surface area contributed by atoms with E-state index in [1.165, 1.54) is 11.1 Å². The minimum Gasteiger partial charge on any atom is -0.491 e. The van der Waals surface area contributed by atoms with Crippen molar-refractivity contribution < 1.29 is 14.6 Å². The molecule has 1 heterocycles. The molecule has 3 rings (SSSR count). The predicted octanol–water partition coefficient (Wildman–Crippen LogP) is 3.38. The van der Waals surface area contributed by atoms with Crippen molar-refractivity contribution in [2.45, 2.75) is 32.4 Å². The fourth-order valence-electron chi connectivity index (χ4n) is 3.71. The van der Waals surface area contributed by atoms with Crippen LogP contribution >= 0.6 is 0 Å². The van der Waals surface area contributed by atoms with Crippen LogP contribution in [0.2, 0.25) is 0 Å². The van der Waals surface area contributed by atoms with Crippen molar-refractivity contribution in [3.63, 3.8) is 0 Å². The molecule has 0 spiro atoms. The summed E-state index contributed by atoms with van der Waals surface area (Å²) >= 11 is 0. The van der Waals surface area contributed by atoms with Crippen LogP contribution in [0.4, 0.5) is 0 Å². The highest BCUT2D eigenvalue weighted by Gasteiger charge is 2.19. The minimum absolute atomic E-state index is 0.347. The van der Waals surface area contributed by atoms with Crippen molar-refractivity contribution >= 4 is 0 Å². The highest BCUT2D eigenvalue weighted by atomic mass is 16.5. The molecule has 0 amide bonds. The molecule has 1 fully saturated rings. The van der Waals surface area contributed by atoms with Crippen LogP contribution in [0.5, 0.6) is 5.75 Å². The van der Waals surface area contributed by atoms with Crippen LogP contribution in [0.25, 0.3) is 0 Å². The molecule has 5 heteroatoms. The van der Waals surface area contributed by atoms with Gasteiger partial charge in [0.25, 0.3) is 0 Å². The van der Waals surface area contributed by atoms with E-state index >= 15 is 0 Å². The number of ether oxygens (including phenoxy) is 2. The number of piperazine rings is 1. The number of benzene rings is 2. The summed E-state index contributed by atoms with van der Waals surface area (Å²) in [6, 6.07) is 18.8. The van der Waals surface area contributed by atoms with Gasteiger partial charge >= 0.3 is 0 Å². The first-order chi connectivity index (χ1) is 14.6. The fourth-order valence-corrected chi connectivity index (χ4v) is 3.71. The van der Waals surface area contributed by atoms with Gasteiger partial charge in [-0.2, -0.15) is 0 Å². The molecule has 0 bridgehead atoms. The molecule has 0 aliphatic carbocycles. The maximum Gasteiger partial charge on any atom is 0.119 e. The van der Waals surface area contributed by atoms with Gasteiger partial charge in [0.2, 0.25) is 0 Å². The normalized spacial score (nSPS) is 16.7. The first-order valence-electron chi connectivity index (χ1n) is 11.1. The van der Waals surface area contributed by atoms with Crippen LogP contribution in [-0.4, -0.2) is 73.6 Å². The van der Waals surface area contributed by atoms with Gasteiger partial charge in [-0.15, -0.1) is 0 Å². The second-order valence-electron chi connectivity index (χ2n) is 8.36. The summed E-state index contributed by atoms with van der Waals surface area (Å²) in [4.78, 5) is 4.79. The van der Waals surface area contributed by atoms with Crippen LogP contribution in [-0.2, 0) is 11.3 Å². The minimum atomic E-state index is -0.462. The molecule has 1 aliphatic rings. The van der Waals surface area contributed by atoms with Crippen molar-refractivity contribution in [2.24, 2.45) is 0 Å². The first kappa shape index (κ1) is 22.8. The van der Waals surface area contributed by atoms with E-state index in [2.05, 4.69) is 66.1 Å². The number of rotatable bonds is 11. The molecule has 1 N–H and O–H groups in total. The molecule has 164 valence electrons. The molecular weight excluding hydrogens is 376 g/mol. The summed E-state index contributed by atoms with van der Waals surface area (Å²) in [6.45, 7) is 11.4. The molecular formula is C25H36N2O3. The van der Waals surface area contributed by atoms with Crippen molar-refractivity contribution in [2.75, 3.05) is 52.5 Å². The van der Waals surface area contributed by atoms with Gasteiger partial charge in [0, 0.05) is 39.3 Å². The van der Waals surface area contributed by atoms with Gasteiger partial charge in [0.15, 0.2) is 0 Å². The Labute approximate surface area is 181 Å². The SMILES string of the molecule is CC(C)c1ccc(OCCOC[C@H](O)CN2CCN(Cc3ccccc3)CC2)cc1. The summed E-state index contributed by atoms with van der Waals surface area (Å²) in [5.41, 5.74) is 2.67. The zero-order valence-corrected chi connectivity index (χ0v) is 18.4. The van der Waals surface area contributed by atoms with E-state index in [1.807, 2.05) is 12.1 Å². The molecule has 0 radical (unpaired) electrons. The topological polar surface area (TPSA) is 45.2 Å². The number of hydrogen-bond donors (Lipinski definition) is 1. The summed E-state index contributed by atoms with van der Waals surface area (Å²) in [5.74, 6) is 1.38. The molecule has 1 aliphatic heterocycles. The molecule has 2 aromatic carbocycles. The van der Waals surface area contributed by atoms with Crippen LogP contribution in [0.1, 0.15) is 30.9 Å². The van der Waals surface area contributed by atoms with Gasteiger partial charge in [0.05, 0.1) is 19.3 Å². The van der Waals surface area contributed by atoms with E-state index < -0.39 is 6.10 Å². The number of nitrogens with zero attached hydrogens (tertiary/aromatic N) is 2. The lowest BCUT2D eigenvalue weighted by molar-refractivity contribution is -0.000436. The fraction of sp³-hybridized carbons (Fsp3) is 0.520. The van der Waals surface area contributed by atoms with Crippen LogP contribution in [0.15, 0.2) is 54.6 Å². The Balaban J connectivity index is 1.24. The molecule has 0 unspecified atom stereocenters. The van der Waals surface area contributed by atoms with Crippen LogP contribution in [0, 0.1) is 0 Å². The average molecular weight is 413 g/mol. The second-order valence-corrected chi connectivity index (χ2v) is 8.36. The standard InChI is InChI=1S/C25H36N2O3/c1-21(2)23-8-10-25(11-9-23)30-17-16-29-20-24(28)19-27-14-12-26(13-15-27)18-22-6-4-3-5-7-22/h3-11,21,24,28H,12-20H2,1-2H3/t24-/m1/s1. The molecule has 1 saturated heterocycles. The Kier molecular flexibility index (Phi) is 9.15. The molecule has 2 aromatic rings. The molecule has 1 atom stereocenters. The van der Waals surface area contributed by atoms with E-state index in [0.29, 0.717) is 32.3 Å². The highest BCUT2D eigenvalue weighted by molar-refractivity contribution is 5.28. The van der Waals surface area contributed by atoms with Gasteiger partial charge in [0.1, 0.15) is 12.4 Å². The summed E-state index contributed by atoms with van der Waals surface area (Å²) < 4.78 is 11.3. The first-order valence-corrected chi connectivity index (χ1v) is 11.1. The van der Waals surface area contributed by atoms with Gasteiger partial charge in [-0.1, -0.05) is 56.3 Å². The Morgan fingerprint density at radius 3 is 2.20 bits per heavy atom. The Morgan fingerprint density at radius 2 is 1.53 bits per heavy atom. The third kappa shape index (κ3) is 7.73. The average Bonchev–Trinajstić information content (AvgIpc) is 2.76. The number of aliphatic hydroxyl groups is 1. The van der Waals surface area contributed by atoms with E-state index in [9.17, 15) is 5.11 Å². The van der Waals surface area contributed by atoms with E-state index in [-0.39, 0.29) is 0 Å². The van der Waals surface area contributed by atoms with Crippen molar-refractivity contribution in [1.82, 2.24) is 9.80 Å². The summed E-state index contributed by atoms with van der Waals surface area (Å²) in [7, 11) is 0. The Bertz CT molecular complexity index is 713. The van der Waals surface area contributed by atoms with Gasteiger partial charge in [-0.3, -0.25) is 9.80 Å². The largest absolute Gasteiger partial charge is 0.491 e. The lowest BCUT2D eigenvalue weighted by Gasteiger charge is -2.35. The molecule has 0 saturated carbocycles. The van der Waals surface area contributed by atoms with E-state index in [1.54, 1.807) is 0 Å². The van der Waals surface area contributed by atoms with Crippen molar-refractivity contribution in [3.8, 4) is 5.75 Å². The third-order valence-corrected chi connectivity index (χ3v) is 5.54. The van der Waals surface area contributed by atoms with Gasteiger partial charge < -0.3 is 14.6 Å². The molecule has 0 aromatic heterocycles. The third-order valence-electron chi connectivity index (χ3n) is 5.54. The maximum atomic E-state index is 10.3. The van der Waals surface area contributed by atoms with Crippen molar-refractivity contribution in [3.05, 3.63) is 65.7 Å². The highest BCUT2D eigenvalue weighted by Crippen LogP contribution is 2.18. The lowest BCUT2D eigenvalue weighted by Crippen LogP contribution is -2.48. The van der Waals surface area contributed by atoms with Gasteiger partial charge in [-0.25, -0.2) is 0 Å². The van der Waals surface area contributed by atoms with Gasteiger partial charge in [-0.05, 0) is 29.2 Å². The van der Waals surface area contributed by atoms with Crippen LogP contribution < -0.4 is 4.74 Å². The molecule has 5 nitrogen and oxygen atoms in total. The number of β-amino-alcohol motifs (C(OH)–C–C–N with tert-alkyl or cyclic N) is 1. The number of hydrogen-bond acceptors (Lipinski definition) is 5. The smallest absolute Gasteiger partial charge is 0.119 e. The maximum absolute atomic E-state index is 10.3. The van der Waals surface area contributed by atoms with E-state index in [4.69, 9.17) is 9.47 Å². The van der Waals surface area contributed by atoms with Crippen molar-refractivity contribution in [1.29, 1.82) is 0 Å². The summed E-state index contributed by atoms with van der Waals surface area (Å²) in [5, 5.41) is 10.3. The Morgan fingerprint density at radius 1 is 0.867 bits per heavy atom. The van der Waals surface area contributed by atoms with E-state index in [0.717, 1.165) is 38.5 Å². The lowest BCUT2D eigenvalue weighted by atomic mass is 10.0.